The van der Waals surface area contributed by atoms with Crippen LogP contribution in [0.1, 0.15) is 12.8 Å². The number of nitrogens with one attached hydrogen (secondary N) is 2. The third-order valence-electron chi connectivity index (χ3n) is 3.41. The molecule has 7 nitrogen and oxygen atoms in total. The van der Waals surface area contributed by atoms with E-state index in [-0.39, 0.29) is 12.0 Å². The van der Waals surface area contributed by atoms with Crippen LogP contribution in [-0.4, -0.2) is 23.5 Å². The Morgan fingerprint density at radius 2 is 1.74 bits per heavy atom. The zero-order valence-corrected chi connectivity index (χ0v) is 14.5. The molecule has 0 atom stereocenters. The molecule has 1 amide bonds. The Morgan fingerprint density at radius 1 is 1.07 bits per heavy atom. The van der Waals surface area contributed by atoms with E-state index < -0.39 is 11.9 Å². The van der Waals surface area contributed by atoms with Crippen LogP contribution in [0.3, 0.4) is 0 Å². The number of nitrogens with zero attached hydrogens (tertiary/aromatic N) is 1. The van der Waals surface area contributed by atoms with Gasteiger partial charge in [-0.25, -0.2) is 0 Å². The second-order valence-electron chi connectivity index (χ2n) is 5.51. The quantitative estimate of drug-likeness (QED) is 0.357. The van der Waals surface area contributed by atoms with Crippen LogP contribution in [0.25, 0.3) is 0 Å². The minimum Gasteiger partial charge on any atom is -0.481 e. The number of hydrogen-bond donors (Lipinski definition) is 3. The fraction of sp³-hybridized carbons (Fsp3) is 0.150. The van der Waals surface area contributed by atoms with E-state index in [0.29, 0.717) is 30.2 Å². The van der Waals surface area contributed by atoms with Crippen molar-refractivity contribution in [1.82, 2.24) is 5.32 Å². The van der Waals surface area contributed by atoms with Crippen LogP contribution in [0.4, 0.5) is 5.69 Å². The Hall–Kier alpha value is -3.79. The summed E-state index contributed by atoms with van der Waals surface area (Å²) in [6.45, 7) is 0.357. The molecule has 3 N–H and O–H groups in total. The second kappa shape index (κ2) is 10.3. The summed E-state index contributed by atoms with van der Waals surface area (Å²) in [5.41, 5.74) is 0.419. The molecule has 0 saturated heterocycles. The minimum absolute atomic E-state index is 0.0202. The Kier molecular flexibility index (Phi) is 7.42. The number of carbonyl (C=O) groups is 2. The van der Waals surface area contributed by atoms with Crippen LogP contribution in [0.5, 0.6) is 11.5 Å². The molecular weight excluding hydrogens is 346 g/mol. The van der Waals surface area contributed by atoms with Gasteiger partial charge in [-0.3, -0.25) is 9.59 Å². The van der Waals surface area contributed by atoms with Gasteiger partial charge in [0.15, 0.2) is 0 Å². The summed E-state index contributed by atoms with van der Waals surface area (Å²) in [6.07, 6.45) is 1.70. The van der Waals surface area contributed by atoms with Crippen molar-refractivity contribution in [1.29, 1.82) is 5.26 Å². The van der Waals surface area contributed by atoms with E-state index in [1.54, 1.807) is 24.3 Å². The third kappa shape index (κ3) is 6.92. The van der Waals surface area contributed by atoms with E-state index in [1.165, 1.54) is 6.20 Å². The molecule has 0 spiro atoms. The number of benzene rings is 2. The summed E-state index contributed by atoms with van der Waals surface area (Å²) in [5.74, 6) is -0.119. The first kappa shape index (κ1) is 19.5. The van der Waals surface area contributed by atoms with Gasteiger partial charge >= 0.3 is 5.97 Å². The highest BCUT2D eigenvalue weighted by atomic mass is 16.5. The Balaban J connectivity index is 1.88. The number of carbonyl (C=O) groups excluding carboxylic acids is 1. The van der Waals surface area contributed by atoms with E-state index in [1.807, 2.05) is 36.4 Å². The molecule has 2 aromatic rings. The summed E-state index contributed by atoms with van der Waals surface area (Å²) in [5, 5.41) is 23.0. The zero-order valence-electron chi connectivity index (χ0n) is 14.5. The van der Waals surface area contributed by atoms with Crippen molar-refractivity contribution < 1.29 is 19.4 Å². The van der Waals surface area contributed by atoms with Crippen molar-refractivity contribution in [2.24, 2.45) is 0 Å². The summed E-state index contributed by atoms with van der Waals surface area (Å²) in [4.78, 5) is 22.5. The standard InChI is InChI=1S/C20H19N3O4/c21-13-15(14-22-12-4-7-19(24)25)20(26)23-16-8-10-18(11-9-16)27-17-5-2-1-3-6-17/h1-3,5-6,8-11,14,22H,4,7,12H2,(H,23,26)(H,24,25)/b15-14-. The van der Waals surface area contributed by atoms with Gasteiger partial charge in [0, 0.05) is 24.9 Å². The number of anilines is 1. The van der Waals surface area contributed by atoms with E-state index in [2.05, 4.69) is 10.6 Å². The molecule has 0 bridgehead atoms. The van der Waals surface area contributed by atoms with E-state index in [0.717, 1.165) is 0 Å². The first-order valence-electron chi connectivity index (χ1n) is 8.28. The lowest BCUT2D eigenvalue weighted by molar-refractivity contribution is -0.137. The monoisotopic (exact) mass is 365 g/mol. The molecule has 2 aromatic carbocycles. The van der Waals surface area contributed by atoms with Crippen LogP contribution in [-0.2, 0) is 9.59 Å². The number of hydrogen-bond acceptors (Lipinski definition) is 5. The number of amides is 1. The van der Waals surface area contributed by atoms with Gasteiger partial charge in [0.1, 0.15) is 23.1 Å². The van der Waals surface area contributed by atoms with Crippen molar-refractivity contribution in [3.8, 4) is 17.6 Å². The summed E-state index contributed by atoms with van der Waals surface area (Å²) in [7, 11) is 0. The summed E-state index contributed by atoms with van der Waals surface area (Å²) in [6, 6.07) is 17.9. The van der Waals surface area contributed by atoms with Gasteiger partial charge in [0.2, 0.25) is 0 Å². The second-order valence-corrected chi connectivity index (χ2v) is 5.51. The predicted octanol–water partition coefficient (Wildman–Crippen LogP) is 3.28. The highest BCUT2D eigenvalue weighted by Gasteiger charge is 2.09. The van der Waals surface area contributed by atoms with Gasteiger partial charge in [0.25, 0.3) is 5.91 Å². The number of carboxylic acid groups (broad SMARTS) is 1. The minimum atomic E-state index is -0.890. The molecule has 7 heteroatoms. The molecule has 0 fully saturated rings. The molecule has 0 radical (unpaired) electrons. The molecule has 0 aliphatic rings. The van der Waals surface area contributed by atoms with Crippen LogP contribution in [0, 0.1) is 11.3 Å². The lowest BCUT2D eigenvalue weighted by atomic mass is 10.2. The maximum atomic E-state index is 12.1. The Labute approximate surface area is 156 Å². The van der Waals surface area contributed by atoms with Gasteiger partial charge in [-0.2, -0.15) is 5.26 Å². The van der Waals surface area contributed by atoms with Crippen molar-refractivity contribution in [3.63, 3.8) is 0 Å². The molecule has 0 heterocycles. The smallest absolute Gasteiger partial charge is 0.303 e. The number of ether oxygens (including phenoxy) is 1. The van der Waals surface area contributed by atoms with Crippen LogP contribution < -0.4 is 15.4 Å². The van der Waals surface area contributed by atoms with Crippen LogP contribution in [0.2, 0.25) is 0 Å². The molecular formula is C20H19N3O4. The molecule has 0 saturated carbocycles. The van der Waals surface area contributed by atoms with Gasteiger partial charge in [-0.15, -0.1) is 0 Å². The first-order chi connectivity index (χ1) is 13.1. The van der Waals surface area contributed by atoms with E-state index in [9.17, 15) is 9.59 Å². The van der Waals surface area contributed by atoms with Crippen molar-refractivity contribution >= 4 is 17.6 Å². The Bertz CT molecular complexity index is 840. The van der Waals surface area contributed by atoms with Crippen molar-refractivity contribution in [2.45, 2.75) is 12.8 Å². The first-order valence-corrected chi connectivity index (χ1v) is 8.28. The topological polar surface area (TPSA) is 111 Å². The lowest BCUT2D eigenvalue weighted by Gasteiger charge is -2.08. The van der Waals surface area contributed by atoms with Crippen LogP contribution in [0.15, 0.2) is 66.4 Å². The molecule has 27 heavy (non-hydrogen) atoms. The SMILES string of the molecule is N#C/C(=C/NCCCC(=O)O)C(=O)Nc1ccc(Oc2ccccc2)cc1. The van der Waals surface area contributed by atoms with Gasteiger partial charge in [-0.05, 0) is 42.8 Å². The normalized spacial score (nSPS) is 10.6. The van der Waals surface area contributed by atoms with E-state index in [4.69, 9.17) is 15.1 Å². The van der Waals surface area contributed by atoms with E-state index >= 15 is 0 Å². The summed E-state index contributed by atoms with van der Waals surface area (Å²) >= 11 is 0. The molecule has 0 aromatic heterocycles. The molecule has 0 aliphatic carbocycles. The Morgan fingerprint density at radius 3 is 2.37 bits per heavy atom. The maximum absolute atomic E-state index is 12.1. The van der Waals surface area contributed by atoms with Gasteiger partial charge < -0.3 is 20.5 Å². The average molecular weight is 365 g/mol. The van der Waals surface area contributed by atoms with Crippen LogP contribution >= 0.6 is 0 Å². The number of carboxylic acids is 1. The number of nitriles is 1. The summed E-state index contributed by atoms with van der Waals surface area (Å²) < 4.78 is 5.67. The number of aliphatic carboxylic acids is 1. The lowest BCUT2D eigenvalue weighted by Crippen LogP contribution is -2.17. The number of para-hydroxylation sites is 1. The molecule has 0 aliphatic heterocycles. The highest BCUT2D eigenvalue weighted by Crippen LogP contribution is 2.22. The fourth-order valence-corrected chi connectivity index (χ4v) is 2.09. The fourth-order valence-electron chi connectivity index (χ4n) is 2.09. The average Bonchev–Trinajstić information content (AvgIpc) is 2.66. The largest absolute Gasteiger partial charge is 0.481 e. The van der Waals surface area contributed by atoms with Gasteiger partial charge in [-0.1, -0.05) is 18.2 Å². The number of rotatable bonds is 9. The van der Waals surface area contributed by atoms with Crippen molar-refractivity contribution in [2.75, 3.05) is 11.9 Å². The molecule has 0 unspecified atom stereocenters. The highest BCUT2D eigenvalue weighted by molar-refractivity contribution is 6.06. The van der Waals surface area contributed by atoms with Crippen molar-refractivity contribution in [3.05, 3.63) is 66.4 Å². The third-order valence-corrected chi connectivity index (χ3v) is 3.41. The molecule has 138 valence electrons. The zero-order chi connectivity index (χ0) is 19.5. The maximum Gasteiger partial charge on any atom is 0.303 e. The van der Waals surface area contributed by atoms with Gasteiger partial charge in [0.05, 0.1) is 0 Å². The molecule has 2 rings (SSSR count). The predicted molar refractivity (Wildman–Crippen MR) is 100 cm³/mol.